The molecule has 0 aliphatic heterocycles. The summed E-state index contributed by atoms with van der Waals surface area (Å²) in [7, 11) is 0. The van der Waals surface area contributed by atoms with E-state index in [2.05, 4.69) is 0 Å². The van der Waals surface area contributed by atoms with E-state index in [1.54, 1.807) is 33.8 Å². The van der Waals surface area contributed by atoms with Crippen molar-refractivity contribution in [3.05, 3.63) is 23.8 Å². The van der Waals surface area contributed by atoms with Gasteiger partial charge in [0.25, 0.3) is 0 Å². The first-order valence-electron chi connectivity index (χ1n) is 13.8. The molecule has 0 saturated carbocycles. The van der Waals surface area contributed by atoms with Crippen molar-refractivity contribution in [2.24, 2.45) is 17.6 Å². The molecule has 0 fully saturated rings. The van der Waals surface area contributed by atoms with Crippen molar-refractivity contribution in [3.63, 3.8) is 0 Å². The summed E-state index contributed by atoms with van der Waals surface area (Å²) in [6.07, 6.45) is 1.55. The molecule has 0 aliphatic carbocycles. The van der Waals surface area contributed by atoms with Gasteiger partial charge in [0, 0.05) is 5.92 Å². The molecule has 39 heavy (non-hydrogen) atoms. The van der Waals surface area contributed by atoms with Gasteiger partial charge in [-0.15, -0.1) is 0 Å². The van der Waals surface area contributed by atoms with Crippen LogP contribution in [0.25, 0.3) is 0 Å². The number of hydrogen-bond acceptors (Lipinski definition) is 9. The first-order chi connectivity index (χ1) is 18.3. The van der Waals surface area contributed by atoms with Gasteiger partial charge in [-0.3, -0.25) is 14.4 Å². The molecule has 0 radical (unpaired) electrons. The number of carboxylic acid groups (broad SMARTS) is 1. The van der Waals surface area contributed by atoms with Crippen LogP contribution in [0.3, 0.4) is 0 Å². The lowest BCUT2D eigenvalue weighted by molar-refractivity contribution is -0.141. The highest BCUT2D eigenvalue weighted by Gasteiger charge is 2.31. The molecule has 3 N–H and O–H groups in total. The van der Waals surface area contributed by atoms with E-state index in [-0.39, 0.29) is 29.9 Å². The van der Waals surface area contributed by atoms with Crippen LogP contribution in [0.1, 0.15) is 98.5 Å². The maximum absolute atomic E-state index is 12.8. The molecule has 0 amide bonds. The molecular formula is C29H45NO9. The first-order valence-corrected chi connectivity index (χ1v) is 13.8. The highest BCUT2D eigenvalue weighted by molar-refractivity contribution is 5.79. The SMILES string of the molecule is CCCC(C)C(=O)Oc1ccc(C(CC(C)OC(=O)OC(C)CC)[C@H](N)C(=O)O)cc1OC(=O)C(C)CCC. The van der Waals surface area contributed by atoms with E-state index in [0.29, 0.717) is 24.8 Å². The number of carbonyl (C=O) groups excluding carboxylic acids is 3. The van der Waals surface area contributed by atoms with E-state index in [1.165, 1.54) is 12.1 Å². The Morgan fingerprint density at radius 2 is 1.33 bits per heavy atom. The number of ether oxygens (including phenoxy) is 4. The summed E-state index contributed by atoms with van der Waals surface area (Å²) in [4.78, 5) is 49.3. The molecule has 1 aromatic carbocycles. The summed E-state index contributed by atoms with van der Waals surface area (Å²) in [6.45, 7) is 12.6. The molecule has 0 aliphatic rings. The van der Waals surface area contributed by atoms with E-state index in [4.69, 9.17) is 24.7 Å². The lowest BCUT2D eigenvalue weighted by Crippen LogP contribution is -2.38. The summed E-state index contributed by atoms with van der Waals surface area (Å²) < 4.78 is 21.7. The van der Waals surface area contributed by atoms with Crippen LogP contribution in [-0.2, 0) is 23.9 Å². The van der Waals surface area contributed by atoms with Gasteiger partial charge in [0.15, 0.2) is 11.5 Å². The van der Waals surface area contributed by atoms with Crippen LogP contribution in [0.4, 0.5) is 4.79 Å². The molecule has 10 heteroatoms. The van der Waals surface area contributed by atoms with Crippen molar-refractivity contribution < 1.29 is 43.2 Å². The van der Waals surface area contributed by atoms with Gasteiger partial charge in [-0.25, -0.2) is 4.79 Å². The van der Waals surface area contributed by atoms with Crippen molar-refractivity contribution in [3.8, 4) is 11.5 Å². The molecule has 0 bridgehead atoms. The number of carboxylic acids is 1. The van der Waals surface area contributed by atoms with Gasteiger partial charge in [0.2, 0.25) is 0 Å². The summed E-state index contributed by atoms with van der Waals surface area (Å²) in [5.41, 5.74) is 6.46. The van der Waals surface area contributed by atoms with Crippen molar-refractivity contribution >= 4 is 24.1 Å². The zero-order chi connectivity index (χ0) is 29.7. The highest BCUT2D eigenvalue weighted by Crippen LogP contribution is 2.35. The summed E-state index contributed by atoms with van der Waals surface area (Å²) in [5, 5.41) is 9.68. The number of benzene rings is 1. The van der Waals surface area contributed by atoms with E-state index in [0.717, 1.165) is 12.8 Å². The van der Waals surface area contributed by atoms with E-state index < -0.39 is 48.0 Å². The predicted molar refractivity (Wildman–Crippen MR) is 146 cm³/mol. The lowest BCUT2D eigenvalue weighted by Gasteiger charge is -2.26. The van der Waals surface area contributed by atoms with Crippen molar-refractivity contribution in [1.82, 2.24) is 0 Å². The van der Waals surface area contributed by atoms with Crippen LogP contribution in [0, 0.1) is 11.8 Å². The standard InChI is InChI=1S/C29H45NO9/c1-8-11-17(4)27(33)38-23-14-13-21(16-24(23)39-28(34)18(5)12-9-2)22(25(30)26(31)32)15-20(7)37-29(35)36-19(6)10-3/h13-14,16-20,22,25H,8-12,15,30H2,1-7H3,(H,31,32)/t17?,18?,19?,20?,22?,25-/m0/s1. The van der Waals surface area contributed by atoms with Gasteiger partial charge < -0.3 is 29.8 Å². The second kappa shape index (κ2) is 16.7. The fourth-order valence-electron chi connectivity index (χ4n) is 3.95. The Morgan fingerprint density at radius 3 is 1.82 bits per heavy atom. The summed E-state index contributed by atoms with van der Waals surface area (Å²) >= 11 is 0. The number of aliphatic carboxylic acids is 1. The number of rotatable bonds is 16. The van der Waals surface area contributed by atoms with Gasteiger partial charge >= 0.3 is 24.1 Å². The molecule has 0 heterocycles. The molecule has 6 atom stereocenters. The third kappa shape index (κ3) is 11.2. The molecule has 0 aromatic heterocycles. The van der Waals surface area contributed by atoms with Gasteiger partial charge in [-0.1, -0.05) is 53.5 Å². The molecular weight excluding hydrogens is 506 g/mol. The second-order valence-electron chi connectivity index (χ2n) is 10.1. The highest BCUT2D eigenvalue weighted by atomic mass is 16.7. The number of carbonyl (C=O) groups is 4. The predicted octanol–water partition coefficient (Wildman–Crippen LogP) is 5.60. The lowest BCUT2D eigenvalue weighted by atomic mass is 9.87. The number of esters is 2. The van der Waals surface area contributed by atoms with Gasteiger partial charge in [0.1, 0.15) is 18.2 Å². The monoisotopic (exact) mass is 551 g/mol. The average molecular weight is 552 g/mol. The Kier molecular flexibility index (Phi) is 14.5. The second-order valence-corrected chi connectivity index (χ2v) is 10.1. The van der Waals surface area contributed by atoms with Crippen molar-refractivity contribution in [2.45, 2.75) is 111 Å². The minimum Gasteiger partial charge on any atom is -0.480 e. The molecule has 220 valence electrons. The molecule has 10 nitrogen and oxygen atoms in total. The third-order valence-electron chi connectivity index (χ3n) is 6.54. The zero-order valence-corrected chi connectivity index (χ0v) is 24.2. The fraction of sp³-hybridized carbons (Fsp3) is 0.655. The topological polar surface area (TPSA) is 151 Å². The Balaban J connectivity index is 3.36. The van der Waals surface area contributed by atoms with Crippen LogP contribution in [0.15, 0.2) is 18.2 Å². The van der Waals surface area contributed by atoms with Crippen LogP contribution < -0.4 is 15.2 Å². The van der Waals surface area contributed by atoms with Crippen molar-refractivity contribution in [2.75, 3.05) is 0 Å². The molecule has 1 aromatic rings. The zero-order valence-electron chi connectivity index (χ0n) is 24.2. The largest absolute Gasteiger partial charge is 0.508 e. The van der Waals surface area contributed by atoms with Gasteiger partial charge in [-0.2, -0.15) is 0 Å². The van der Waals surface area contributed by atoms with Gasteiger partial charge in [-0.05, 0) is 57.2 Å². The normalized spacial score (nSPS) is 15.7. The minimum absolute atomic E-state index is 0.00941. The number of hydrogen-bond donors (Lipinski definition) is 2. The third-order valence-corrected chi connectivity index (χ3v) is 6.54. The van der Waals surface area contributed by atoms with E-state index in [1.807, 2.05) is 20.8 Å². The molecule has 5 unspecified atom stereocenters. The van der Waals surface area contributed by atoms with Crippen LogP contribution in [-0.4, -0.2) is 47.4 Å². The van der Waals surface area contributed by atoms with Crippen LogP contribution in [0.2, 0.25) is 0 Å². The fourth-order valence-corrected chi connectivity index (χ4v) is 3.95. The maximum Gasteiger partial charge on any atom is 0.508 e. The minimum atomic E-state index is -1.36. The summed E-state index contributed by atoms with van der Waals surface area (Å²) in [6, 6.07) is 3.13. The Hall–Kier alpha value is -3.14. The van der Waals surface area contributed by atoms with Crippen LogP contribution >= 0.6 is 0 Å². The molecule has 1 rings (SSSR count). The van der Waals surface area contributed by atoms with E-state index >= 15 is 0 Å². The number of nitrogens with two attached hydrogens (primary N) is 1. The quantitative estimate of drug-likeness (QED) is 0.196. The summed E-state index contributed by atoms with van der Waals surface area (Å²) in [5.74, 6) is -3.78. The van der Waals surface area contributed by atoms with E-state index in [9.17, 15) is 24.3 Å². The van der Waals surface area contributed by atoms with Crippen LogP contribution in [0.5, 0.6) is 11.5 Å². The molecule has 0 spiro atoms. The Bertz CT molecular complexity index is 964. The maximum atomic E-state index is 12.8. The first kappa shape index (κ1) is 33.9. The average Bonchev–Trinajstić information content (AvgIpc) is 2.87. The van der Waals surface area contributed by atoms with Crippen molar-refractivity contribution in [1.29, 1.82) is 0 Å². The smallest absolute Gasteiger partial charge is 0.480 e. The molecule has 0 saturated heterocycles. The Morgan fingerprint density at radius 1 is 0.821 bits per heavy atom. The Labute approximate surface area is 231 Å². The van der Waals surface area contributed by atoms with Gasteiger partial charge in [0.05, 0.1) is 11.8 Å².